The van der Waals surface area contributed by atoms with Crippen LogP contribution < -0.4 is 14.8 Å². The molecule has 1 N–H and O–H groups in total. The second-order valence-electron chi connectivity index (χ2n) is 5.84. The molecular formula is C19H18N2O3. The first kappa shape index (κ1) is 14.6. The Bertz CT molecular complexity index is 914. The summed E-state index contributed by atoms with van der Waals surface area (Å²) in [6.45, 7) is 0.844. The molecule has 5 heteroatoms. The standard InChI is InChI=1S/C19H18N2O3/c1-21-15-5-3-2-4-14(15)11-16(21)19(22)20-9-8-13-6-7-17-18(10-13)24-12-23-17/h2-7,10-11H,8-9,12H2,1H3,(H,20,22). The van der Waals surface area contributed by atoms with Crippen LogP contribution in [0.2, 0.25) is 0 Å². The first-order valence-corrected chi connectivity index (χ1v) is 7.93. The van der Waals surface area contributed by atoms with Crippen LogP contribution in [0.3, 0.4) is 0 Å². The number of fused-ring (bicyclic) bond motifs is 2. The number of carbonyl (C=O) groups is 1. The molecule has 0 saturated carbocycles. The lowest BCUT2D eigenvalue weighted by molar-refractivity contribution is 0.0946. The van der Waals surface area contributed by atoms with Gasteiger partial charge in [0.05, 0.1) is 0 Å². The minimum absolute atomic E-state index is 0.0607. The Morgan fingerprint density at radius 3 is 2.83 bits per heavy atom. The lowest BCUT2D eigenvalue weighted by atomic mass is 10.1. The molecule has 0 atom stereocenters. The van der Waals surface area contributed by atoms with Crippen molar-refractivity contribution in [3.05, 3.63) is 59.8 Å². The third kappa shape index (κ3) is 2.58. The fraction of sp³-hybridized carbons (Fsp3) is 0.211. The number of amides is 1. The number of ether oxygens (including phenoxy) is 2. The number of nitrogens with zero attached hydrogens (tertiary/aromatic N) is 1. The third-order valence-corrected chi connectivity index (χ3v) is 4.32. The first-order chi connectivity index (χ1) is 11.7. The molecule has 5 nitrogen and oxygen atoms in total. The van der Waals surface area contributed by atoms with Gasteiger partial charge in [-0.15, -0.1) is 0 Å². The summed E-state index contributed by atoms with van der Waals surface area (Å²) in [6, 6.07) is 15.8. The summed E-state index contributed by atoms with van der Waals surface area (Å²) in [5, 5.41) is 4.06. The van der Waals surface area contributed by atoms with E-state index >= 15 is 0 Å². The number of aromatic nitrogens is 1. The summed E-state index contributed by atoms with van der Waals surface area (Å²) in [7, 11) is 1.91. The predicted molar refractivity (Wildman–Crippen MR) is 91.5 cm³/mol. The molecule has 122 valence electrons. The normalized spacial score (nSPS) is 12.5. The van der Waals surface area contributed by atoms with Crippen molar-refractivity contribution in [2.24, 2.45) is 7.05 Å². The van der Waals surface area contributed by atoms with Crippen molar-refractivity contribution < 1.29 is 14.3 Å². The van der Waals surface area contributed by atoms with E-state index in [2.05, 4.69) is 5.32 Å². The minimum atomic E-state index is -0.0607. The molecule has 1 aromatic heterocycles. The fourth-order valence-electron chi connectivity index (χ4n) is 3.01. The van der Waals surface area contributed by atoms with Crippen LogP contribution in [-0.2, 0) is 13.5 Å². The van der Waals surface area contributed by atoms with E-state index in [1.165, 1.54) is 0 Å². The molecule has 0 spiro atoms. The maximum atomic E-state index is 12.4. The number of rotatable bonds is 4. The average Bonchev–Trinajstić information content (AvgIpc) is 3.19. The molecule has 0 saturated heterocycles. The monoisotopic (exact) mass is 322 g/mol. The van der Waals surface area contributed by atoms with E-state index in [1.54, 1.807) is 0 Å². The van der Waals surface area contributed by atoms with Crippen molar-refractivity contribution in [3.63, 3.8) is 0 Å². The zero-order valence-electron chi connectivity index (χ0n) is 13.4. The van der Waals surface area contributed by atoms with E-state index in [1.807, 2.05) is 60.1 Å². The number of nitrogens with one attached hydrogen (secondary N) is 1. The van der Waals surface area contributed by atoms with Crippen molar-refractivity contribution in [1.82, 2.24) is 9.88 Å². The Hall–Kier alpha value is -2.95. The van der Waals surface area contributed by atoms with Gasteiger partial charge in [0.25, 0.3) is 5.91 Å². The fourth-order valence-corrected chi connectivity index (χ4v) is 3.01. The van der Waals surface area contributed by atoms with Gasteiger partial charge in [0.2, 0.25) is 6.79 Å². The second kappa shape index (κ2) is 5.92. The summed E-state index contributed by atoms with van der Waals surface area (Å²) < 4.78 is 12.6. The number of para-hydroxylation sites is 1. The van der Waals surface area contributed by atoms with Crippen molar-refractivity contribution in [2.75, 3.05) is 13.3 Å². The van der Waals surface area contributed by atoms with E-state index in [4.69, 9.17) is 9.47 Å². The van der Waals surface area contributed by atoms with Crippen LogP contribution in [-0.4, -0.2) is 23.8 Å². The number of aryl methyl sites for hydroxylation is 1. The van der Waals surface area contributed by atoms with Gasteiger partial charge >= 0.3 is 0 Å². The average molecular weight is 322 g/mol. The highest BCUT2D eigenvalue weighted by molar-refractivity contribution is 5.98. The minimum Gasteiger partial charge on any atom is -0.454 e. The number of benzene rings is 2. The topological polar surface area (TPSA) is 52.5 Å². The largest absolute Gasteiger partial charge is 0.454 e. The van der Waals surface area contributed by atoms with Gasteiger partial charge in [-0.05, 0) is 36.2 Å². The Balaban J connectivity index is 1.42. The summed E-state index contributed by atoms with van der Waals surface area (Å²) in [5.41, 5.74) is 2.83. The molecule has 0 radical (unpaired) electrons. The molecule has 0 bridgehead atoms. The van der Waals surface area contributed by atoms with E-state index in [0.29, 0.717) is 12.2 Å². The summed E-state index contributed by atoms with van der Waals surface area (Å²) in [4.78, 5) is 12.4. The molecular weight excluding hydrogens is 304 g/mol. The Labute approximate surface area is 139 Å². The van der Waals surface area contributed by atoms with Gasteiger partial charge in [-0.25, -0.2) is 0 Å². The third-order valence-electron chi connectivity index (χ3n) is 4.32. The van der Waals surface area contributed by atoms with Crippen LogP contribution in [0, 0.1) is 0 Å². The maximum Gasteiger partial charge on any atom is 0.267 e. The molecule has 1 amide bonds. The SMILES string of the molecule is Cn1c(C(=O)NCCc2ccc3c(c2)OCO3)cc2ccccc21. The van der Waals surface area contributed by atoms with Crippen LogP contribution in [0.1, 0.15) is 16.1 Å². The molecule has 1 aliphatic heterocycles. The molecule has 4 rings (SSSR count). The van der Waals surface area contributed by atoms with Crippen LogP contribution in [0.15, 0.2) is 48.5 Å². The molecule has 2 aromatic carbocycles. The Morgan fingerprint density at radius 2 is 1.96 bits per heavy atom. The second-order valence-corrected chi connectivity index (χ2v) is 5.84. The highest BCUT2D eigenvalue weighted by Gasteiger charge is 2.14. The summed E-state index contributed by atoms with van der Waals surface area (Å²) in [6.07, 6.45) is 0.742. The van der Waals surface area contributed by atoms with Gasteiger partial charge in [0, 0.05) is 24.5 Å². The molecule has 1 aliphatic rings. The van der Waals surface area contributed by atoms with Crippen LogP contribution in [0.5, 0.6) is 11.5 Å². The highest BCUT2D eigenvalue weighted by Crippen LogP contribution is 2.32. The zero-order chi connectivity index (χ0) is 16.5. The van der Waals surface area contributed by atoms with E-state index < -0.39 is 0 Å². The smallest absolute Gasteiger partial charge is 0.267 e. The maximum absolute atomic E-state index is 12.4. The van der Waals surface area contributed by atoms with Crippen LogP contribution in [0.25, 0.3) is 10.9 Å². The van der Waals surface area contributed by atoms with E-state index in [-0.39, 0.29) is 12.7 Å². The quantitative estimate of drug-likeness (QED) is 0.803. The summed E-state index contributed by atoms with van der Waals surface area (Å²) >= 11 is 0. The predicted octanol–water partition coefficient (Wildman–Crippen LogP) is 2.88. The zero-order valence-corrected chi connectivity index (χ0v) is 13.4. The Morgan fingerprint density at radius 1 is 1.12 bits per heavy atom. The van der Waals surface area contributed by atoms with Gasteiger partial charge in [-0.2, -0.15) is 0 Å². The van der Waals surface area contributed by atoms with E-state index in [0.717, 1.165) is 34.4 Å². The number of hydrogen-bond donors (Lipinski definition) is 1. The van der Waals surface area contributed by atoms with E-state index in [9.17, 15) is 4.79 Å². The van der Waals surface area contributed by atoms with Gasteiger partial charge in [-0.1, -0.05) is 24.3 Å². The van der Waals surface area contributed by atoms with Crippen molar-refractivity contribution in [2.45, 2.75) is 6.42 Å². The lowest BCUT2D eigenvalue weighted by Gasteiger charge is -2.07. The van der Waals surface area contributed by atoms with Gasteiger partial charge in [0.1, 0.15) is 5.69 Å². The van der Waals surface area contributed by atoms with Gasteiger partial charge < -0.3 is 19.4 Å². The van der Waals surface area contributed by atoms with Gasteiger partial charge in [0.15, 0.2) is 11.5 Å². The summed E-state index contributed by atoms with van der Waals surface area (Å²) in [5.74, 6) is 1.49. The molecule has 24 heavy (non-hydrogen) atoms. The van der Waals surface area contributed by atoms with Gasteiger partial charge in [-0.3, -0.25) is 4.79 Å². The highest BCUT2D eigenvalue weighted by atomic mass is 16.7. The number of hydrogen-bond acceptors (Lipinski definition) is 3. The van der Waals surface area contributed by atoms with Crippen molar-refractivity contribution in [1.29, 1.82) is 0 Å². The molecule has 3 aromatic rings. The molecule has 0 unspecified atom stereocenters. The molecule has 0 aliphatic carbocycles. The molecule has 2 heterocycles. The van der Waals surface area contributed by atoms with Crippen LogP contribution in [0.4, 0.5) is 0 Å². The number of carbonyl (C=O) groups excluding carboxylic acids is 1. The van der Waals surface area contributed by atoms with Crippen LogP contribution >= 0.6 is 0 Å². The van der Waals surface area contributed by atoms with Crippen molar-refractivity contribution in [3.8, 4) is 11.5 Å². The van der Waals surface area contributed by atoms with Crippen molar-refractivity contribution >= 4 is 16.8 Å². The first-order valence-electron chi connectivity index (χ1n) is 7.93. The Kier molecular flexibility index (Phi) is 3.61. The lowest BCUT2D eigenvalue weighted by Crippen LogP contribution is -2.27. The molecule has 0 fully saturated rings.